The van der Waals surface area contributed by atoms with E-state index in [0.29, 0.717) is 11.4 Å². The predicted octanol–water partition coefficient (Wildman–Crippen LogP) is 1.27. The van der Waals surface area contributed by atoms with Crippen molar-refractivity contribution in [2.24, 2.45) is 0 Å². The van der Waals surface area contributed by atoms with Crippen LogP contribution in [0.1, 0.15) is 10.5 Å². The Kier molecular flexibility index (Phi) is 1.54. The first-order valence-electron chi connectivity index (χ1n) is 4.24. The van der Waals surface area contributed by atoms with Crippen molar-refractivity contribution in [3.05, 3.63) is 23.3 Å². The number of aromatic nitrogens is 2. The zero-order valence-corrected chi connectivity index (χ0v) is 8.22. The fraction of sp³-hybridized carbons (Fsp3) is 0. The second kappa shape index (κ2) is 2.77. The molecule has 0 spiro atoms. The summed E-state index contributed by atoms with van der Waals surface area (Å²) in [6.45, 7) is 0. The highest BCUT2D eigenvalue weighted by Gasteiger charge is 2.30. The molecule has 1 aliphatic heterocycles. The lowest BCUT2D eigenvalue weighted by molar-refractivity contribution is -0.112. The van der Waals surface area contributed by atoms with Gasteiger partial charge in [-0.25, -0.2) is 4.98 Å². The third-order valence-corrected chi connectivity index (χ3v) is 2.97. The number of carbonyl (C=O) groups excluding carboxylic acids is 2. The number of ketones is 1. The van der Waals surface area contributed by atoms with Gasteiger partial charge in [-0.15, -0.1) is 11.3 Å². The maximum Gasteiger partial charge on any atom is 0.298 e. The zero-order chi connectivity index (χ0) is 10.4. The number of nitrogens with one attached hydrogen (secondary N) is 2. The minimum atomic E-state index is -0.582. The zero-order valence-electron chi connectivity index (χ0n) is 7.40. The lowest BCUT2D eigenvalue weighted by Crippen LogP contribution is -2.13. The summed E-state index contributed by atoms with van der Waals surface area (Å²) in [5, 5.41) is 5.13. The van der Waals surface area contributed by atoms with Crippen LogP contribution in [0.5, 0.6) is 0 Å². The van der Waals surface area contributed by atoms with E-state index in [0.717, 1.165) is 10.7 Å². The molecule has 0 saturated carbocycles. The molecule has 2 aromatic rings. The third kappa shape index (κ3) is 1.11. The number of nitrogens with zero attached hydrogens (tertiary/aromatic N) is 1. The molecule has 0 fully saturated rings. The van der Waals surface area contributed by atoms with Gasteiger partial charge in [0.1, 0.15) is 10.7 Å². The molecule has 3 rings (SSSR count). The monoisotopic (exact) mass is 219 g/mol. The van der Waals surface area contributed by atoms with Crippen LogP contribution in [0.4, 0.5) is 5.69 Å². The van der Waals surface area contributed by atoms with E-state index in [1.807, 2.05) is 5.38 Å². The largest absolute Gasteiger partial charge is 0.348 e. The van der Waals surface area contributed by atoms with Gasteiger partial charge >= 0.3 is 0 Å². The van der Waals surface area contributed by atoms with Gasteiger partial charge in [-0.2, -0.15) is 0 Å². The van der Waals surface area contributed by atoms with Crippen LogP contribution >= 0.6 is 11.3 Å². The van der Waals surface area contributed by atoms with Gasteiger partial charge in [0.2, 0.25) is 0 Å². The average molecular weight is 219 g/mol. The van der Waals surface area contributed by atoms with E-state index in [4.69, 9.17) is 0 Å². The van der Waals surface area contributed by atoms with Gasteiger partial charge in [0.05, 0.1) is 11.4 Å². The number of fused-ring (bicyclic) bond motifs is 1. The van der Waals surface area contributed by atoms with Gasteiger partial charge in [-0.3, -0.25) is 9.59 Å². The summed E-state index contributed by atoms with van der Waals surface area (Å²) in [6, 6.07) is 1.72. The topological polar surface area (TPSA) is 74.8 Å². The lowest BCUT2D eigenvalue weighted by Gasteiger charge is -1.91. The lowest BCUT2D eigenvalue weighted by atomic mass is 10.3. The minimum absolute atomic E-state index is 0.324. The number of thiazole rings is 1. The Balaban J connectivity index is 2.11. The molecule has 0 aromatic carbocycles. The number of Topliss-reactive ketones (excluding diaryl/α,β-unsaturated/α-hetero) is 1. The fourth-order valence-electron chi connectivity index (χ4n) is 1.50. The molecule has 2 aromatic heterocycles. The molecule has 5 nitrogen and oxygen atoms in total. The van der Waals surface area contributed by atoms with Gasteiger partial charge in [-0.05, 0) is 6.07 Å². The number of anilines is 1. The Bertz CT molecular complexity index is 556. The fourth-order valence-corrected chi connectivity index (χ4v) is 2.11. The van der Waals surface area contributed by atoms with Crippen molar-refractivity contribution in [1.82, 2.24) is 9.97 Å². The number of hydrogen-bond acceptors (Lipinski definition) is 4. The number of amides is 1. The van der Waals surface area contributed by atoms with E-state index >= 15 is 0 Å². The number of carbonyl (C=O) groups is 2. The summed E-state index contributed by atoms with van der Waals surface area (Å²) in [7, 11) is 0. The first-order valence-corrected chi connectivity index (χ1v) is 5.12. The van der Waals surface area contributed by atoms with Crippen LogP contribution in [-0.4, -0.2) is 21.7 Å². The SMILES string of the molecule is O=C1Nc2cc(-c3nccs3)[nH]c2C1=O. The molecule has 0 unspecified atom stereocenters. The van der Waals surface area contributed by atoms with Crippen LogP contribution in [0, 0.1) is 0 Å². The normalized spacial score (nSPS) is 14.1. The van der Waals surface area contributed by atoms with Crippen molar-refractivity contribution in [3.63, 3.8) is 0 Å². The van der Waals surface area contributed by atoms with E-state index < -0.39 is 11.7 Å². The molecule has 3 heterocycles. The summed E-state index contributed by atoms with van der Waals surface area (Å²) < 4.78 is 0. The minimum Gasteiger partial charge on any atom is -0.348 e. The summed E-state index contributed by atoms with van der Waals surface area (Å²) in [5.41, 5.74) is 1.61. The van der Waals surface area contributed by atoms with Crippen molar-refractivity contribution < 1.29 is 9.59 Å². The first kappa shape index (κ1) is 8.37. The molecule has 0 atom stereocenters. The summed E-state index contributed by atoms with van der Waals surface area (Å²) in [4.78, 5) is 29.3. The Labute approximate surface area is 88.2 Å². The van der Waals surface area contributed by atoms with Gasteiger partial charge < -0.3 is 10.3 Å². The highest BCUT2D eigenvalue weighted by molar-refractivity contribution is 7.13. The van der Waals surface area contributed by atoms with E-state index in [1.54, 1.807) is 12.3 Å². The Morgan fingerprint density at radius 3 is 2.87 bits per heavy atom. The number of rotatable bonds is 1. The first-order chi connectivity index (χ1) is 7.25. The van der Waals surface area contributed by atoms with E-state index in [-0.39, 0.29) is 0 Å². The molecular weight excluding hydrogens is 214 g/mol. The summed E-state index contributed by atoms with van der Waals surface area (Å²) in [6.07, 6.45) is 1.69. The second-order valence-corrected chi connectivity index (χ2v) is 3.99. The molecule has 6 heteroatoms. The molecule has 0 bridgehead atoms. The smallest absolute Gasteiger partial charge is 0.298 e. The van der Waals surface area contributed by atoms with Gasteiger partial charge in [0.25, 0.3) is 11.7 Å². The van der Waals surface area contributed by atoms with Crippen molar-refractivity contribution in [1.29, 1.82) is 0 Å². The number of aromatic amines is 1. The summed E-state index contributed by atoms with van der Waals surface area (Å²) in [5.74, 6) is -1.10. The number of hydrogen-bond donors (Lipinski definition) is 2. The maximum absolute atomic E-state index is 11.3. The Hall–Kier alpha value is -1.95. The van der Waals surface area contributed by atoms with Crippen LogP contribution in [0.3, 0.4) is 0 Å². The predicted molar refractivity (Wildman–Crippen MR) is 54.9 cm³/mol. The van der Waals surface area contributed by atoms with E-state index in [1.165, 1.54) is 11.3 Å². The quantitative estimate of drug-likeness (QED) is 0.709. The van der Waals surface area contributed by atoms with Gasteiger partial charge in [0, 0.05) is 11.6 Å². The van der Waals surface area contributed by atoms with Crippen LogP contribution in [0.2, 0.25) is 0 Å². The molecular formula is C9H5N3O2S. The second-order valence-electron chi connectivity index (χ2n) is 3.09. The van der Waals surface area contributed by atoms with Crippen molar-refractivity contribution in [2.75, 3.05) is 5.32 Å². The molecule has 0 radical (unpaired) electrons. The molecule has 1 amide bonds. The van der Waals surface area contributed by atoms with Crippen LogP contribution in [0.25, 0.3) is 10.7 Å². The highest BCUT2D eigenvalue weighted by atomic mass is 32.1. The Morgan fingerprint density at radius 2 is 2.20 bits per heavy atom. The van der Waals surface area contributed by atoms with E-state index in [2.05, 4.69) is 15.3 Å². The third-order valence-electron chi connectivity index (χ3n) is 2.16. The average Bonchev–Trinajstić information content (AvgIpc) is 2.86. The molecule has 0 saturated heterocycles. The van der Waals surface area contributed by atoms with Crippen molar-refractivity contribution >= 4 is 28.7 Å². The Morgan fingerprint density at radius 1 is 1.33 bits per heavy atom. The molecule has 2 N–H and O–H groups in total. The van der Waals surface area contributed by atoms with Crippen LogP contribution < -0.4 is 5.32 Å². The number of H-pyrrole nitrogens is 1. The molecule has 15 heavy (non-hydrogen) atoms. The molecule has 0 aliphatic carbocycles. The molecule has 74 valence electrons. The van der Waals surface area contributed by atoms with Crippen LogP contribution in [-0.2, 0) is 4.79 Å². The molecule has 1 aliphatic rings. The summed E-state index contributed by atoms with van der Waals surface area (Å²) >= 11 is 1.47. The maximum atomic E-state index is 11.3. The highest BCUT2D eigenvalue weighted by Crippen LogP contribution is 2.30. The van der Waals surface area contributed by atoms with E-state index in [9.17, 15) is 9.59 Å². The van der Waals surface area contributed by atoms with Crippen molar-refractivity contribution in [2.45, 2.75) is 0 Å². The van der Waals surface area contributed by atoms with Gasteiger partial charge in [0.15, 0.2) is 0 Å². The van der Waals surface area contributed by atoms with Gasteiger partial charge in [-0.1, -0.05) is 0 Å². The van der Waals surface area contributed by atoms with Crippen LogP contribution in [0.15, 0.2) is 17.6 Å². The van der Waals surface area contributed by atoms with Crippen molar-refractivity contribution in [3.8, 4) is 10.7 Å². The standard InChI is InChI=1S/C9H5N3O2S/c13-7-6-4(12-8(7)14)3-5(11-6)9-10-1-2-15-9/h1-3,11H,(H,12,13,14).